The predicted molar refractivity (Wildman–Crippen MR) is 52.4 cm³/mol. The molecule has 2 N–H and O–H groups in total. The SMILES string of the molecule is Nc1cc2ccc(N=O)cc2oc1=O. The Morgan fingerprint density at radius 3 is 2.79 bits per heavy atom. The number of nitrogens with zero attached hydrogens (tertiary/aromatic N) is 1. The van der Waals surface area contributed by atoms with Gasteiger partial charge in [0.15, 0.2) is 0 Å². The molecule has 1 heterocycles. The van der Waals surface area contributed by atoms with Gasteiger partial charge in [-0.1, -0.05) is 0 Å². The van der Waals surface area contributed by atoms with E-state index in [0.717, 1.165) is 0 Å². The number of anilines is 1. The van der Waals surface area contributed by atoms with E-state index in [9.17, 15) is 9.70 Å². The van der Waals surface area contributed by atoms with E-state index in [0.29, 0.717) is 11.0 Å². The lowest BCUT2D eigenvalue weighted by molar-refractivity contribution is 0.564. The van der Waals surface area contributed by atoms with E-state index in [1.165, 1.54) is 18.2 Å². The maximum absolute atomic E-state index is 11.0. The van der Waals surface area contributed by atoms with E-state index in [1.807, 2.05) is 0 Å². The first-order valence-corrected chi connectivity index (χ1v) is 3.87. The van der Waals surface area contributed by atoms with Crippen LogP contribution in [0.5, 0.6) is 0 Å². The van der Waals surface area contributed by atoms with Gasteiger partial charge >= 0.3 is 5.63 Å². The molecule has 0 aliphatic heterocycles. The first kappa shape index (κ1) is 8.43. The molecule has 0 fully saturated rings. The molecule has 0 aliphatic carbocycles. The number of nitroso groups, excluding NO2 is 1. The molecule has 0 saturated heterocycles. The van der Waals surface area contributed by atoms with Crippen molar-refractivity contribution in [3.8, 4) is 0 Å². The summed E-state index contributed by atoms with van der Waals surface area (Å²) in [6.45, 7) is 0. The Morgan fingerprint density at radius 1 is 1.29 bits per heavy atom. The smallest absolute Gasteiger partial charge is 0.359 e. The van der Waals surface area contributed by atoms with Crippen LogP contribution in [0, 0.1) is 4.91 Å². The van der Waals surface area contributed by atoms with Crippen LogP contribution in [0.25, 0.3) is 11.0 Å². The Kier molecular flexibility index (Phi) is 1.78. The number of hydrogen-bond donors (Lipinski definition) is 1. The van der Waals surface area contributed by atoms with Crippen LogP contribution in [-0.2, 0) is 0 Å². The summed E-state index contributed by atoms with van der Waals surface area (Å²) < 4.78 is 4.86. The second-order valence-electron chi connectivity index (χ2n) is 2.80. The fraction of sp³-hybridized carbons (Fsp3) is 0. The standard InChI is InChI=1S/C9H6N2O3/c10-7-3-5-1-2-6(11-13)4-8(5)14-9(7)12/h1-4H,10H2. The van der Waals surface area contributed by atoms with Crippen LogP contribution < -0.4 is 11.4 Å². The Balaban J connectivity index is 2.83. The van der Waals surface area contributed by atoms with E-state index in [1.54, 1.807) is 6.07 Å². The molecule has 70 valence electrons. The van der Waals surface area contributed by atoms with Crippen LogP contribution >= 0.6 is 0 Å². The van der Waals surface area contributed by atoms with E-state index in [4.69, 9.17) is 10.2 Å². The molecule has 0 radical (unpaired) electrons. The number of rotatable bonds is 1. The summed E-state index contributed by atoms with van der Waals surface area (Å²) in [6.07, 6.45) is 0. The largest absolute Gasteiger partial charge is 0.421 e. The fourth-order valence-corrected chi connectivity index (χ4v) is 1.17. The van der Waals surface area contributed by atoms with E-state index < -0.39 is 5.63 Å². The van der Waals surface area contributed by atoms with Crippen LogP contribution in [0.15, 0.2) is 38.7 Å². The molecule has 0 atom stereocenters. The maximum atomic E-state index is 11.0. The molecule has 2 aromatic rings. The van der Waals surface area contributed by atoms with Crippen LogP contribution in [0.2, 0.25) is 0 Å². The third-order valence-electron chi connectivity index (χ3n) is 1.85. The Bertz CT molecular complexity index is 559. The third kappa shape index (κ3) is 1.24. The van der Waals surface area contributed by atoms with Crippen LogP contribution in [0.1, 0.15) is 0 Å². The normalized spacial score (nSPS) is 10.3. The molecule has 5 nitrogen and oxygen atoms in total. The number of nitrogens with two attached hydrogens (primary N) is 1. The summed E-state index contributed by atoms with van der Waals surface area (Å²) in [7, 11) is 0. The molecule has 5 heteroatoms. The van der Waals surface area contributed by atoms with Gasteiger partial charge < -0.3 is 10.2 Å². The maximum Gasteiger partial charge on any atom is 0.359 e. The highest BCUT2D eigenvalue weighted by Gasteiger charge is 2.02. The Morgan fingerprint density at radius 2 is 2.07 bits per heavy atom. The molecule has 0 amide bonds. The molecular formula is C9H6N2O3. The van der Waals surface area contributed by atoms with Crippen molar-refractivity contribution in [1.29, 1.82) is 0 Å². The molecule has 2 rings (SSSR count). The highest BCUT2D eigenvalue weighted by atomic mass is 16.4. The van der Waals surface area contributed by atoms with E-state index in [-0.39, 0.29) is 11.4 Å². The van der Waals surface area contributed by atoms with Gasteiger partial charge in [0.1, 0.15) is 17.0 Å². The van der Waals surface area contributed by atoms with Gasteiger partial charge in [-0.05, 0) is 23.4 Å². The van der Waals surface area contributed by atoms with Gasteiger partial charge in [-0.2, -0.15) is 0 Å². The Hall–Kier alpha value is -2.17. The summed E-state index contributed by atoms with van der Waals surface area (Å²) in [5, 5.41) is 3.39. The van der Waals surface area contributed by atoms with Crippen LogP contribution in [0.4, 0.5) is 11.4 Å². The molecular weight excluding hydrogens is 184 g/mol. The molecule has 0 saturated carbocycles. The van der Waals surface area contributed by atoms with Gasteiger partial charge in [0, 0.05) is 11.5 Å². The van der Waals surface area contributed by atoms with Crippen molar-refractivity contribution >= 4 is 22.3 Å². The third-order valence-corrected chi connectivity index (χ3v) is 1.85. The second-order valence-corrected chi connectivity index (χ2v) is 2.80. The first-order valence-electron chi connectivity index (χ1n) is 3.87. The van der Waals surface area contributed by atoms with Gasteiger partial charge in [0.2, 0.25) is 0 Å². The van der Waals surface area contributed by atoms with Crippen molar-refractivity contribution in [3.05, 3.63) is 39.6 Å². The second kappa shape index (κ2) is 2.95. The summed E-state index contributed by atoms with van der Waals surface area (Å²) in [4.78, 5) is 21.2. The zero-order valence-corrected chi connectivity index (χ0v) is 7.06. The van der Waals surface area contributed by atoms with Gasteiger partial charge in [-0.3, -0.25) is 0 Å². The molecule has 0 bridgehead atoms. The number of hydrogen-bond acceptors (Lipinski definition) is 5. The summed E-state index contributed by atoms with van der Waals surface area (Å²) >= 11 is 0. The van der Waals surface area contributed by atoms with Crippen LogP contribution in [0.3, 0.4) is 0 Å². The molecule has 0 aliphatic rings. The first-order chi connectivity index (χ1) is 6.70. The number of nitrogen functional groups attached to an aromatic ring is 1. The van der Waals surface area contributed by atoms with Gasteiger partial charge in [-0.15, -0.1) is 4.91 Å². The quantitative estimate of drug-likeness (QED) is 0.548. The molecule has 0 unspecified atom stereocenters. The van der Waals surface area contributed by atoms with Crippen molar-refractivity contribution in [3.63, 3.8) is 0 Å². The minimum Gasteiger partial charge on any atom is -0.421 e. The minimum absolute atomic E-state index is 0.0457. The molecule has 14 heavy (non-hydrogen) atoms. The molecule has 1 aromatic heterocycles. The highest BCUT2D eigenvalue weighted by Crippen LogP contribution is 2.20. The van der Waals surface area contributed by atoms with Crippen molar-refractivity contribution in [1.82, 2.24) is 0 Å². The van der Waals surface area contributed by atoms with Crippen molar-refractivity contribution in [2.24, 2.45) is 5.18 Å². The monoisotopic (exact) mass is 190 g/mol. The van der Waals surface area contributed by atoms with E-state index >= 15 is 0 Å². The lowest BCUT2D eigenvalue weighted by atomic mass is 10.2. The van der Waals surface area contributed by atoms with Gasteiger partial charge in [-0.25, -0.2) is 4.79 Å². The zero-order chi connectivity index (χ0) is 10.1. The minimum atomic E-state index is -0.611. The summed E-state index contributed by atoms with van der Waals surface area (Å²) in [5.74, 6) is 0. The summed E-state index contributed by atoms with van der Waals surface area (Å²) in [5.41, 5.74) is 5.32. The Labute approximate surface area is 78.1 Å². The van der Waals surface area contributed by atoms with Gasteiger partial charge in [0.05, 0.1) is 0 Å². The highest BCUT2D eigenvalue weighted by molar-refractivity contribution is 5.81. The van der Waals surface area contributed by atoms with Crippen molar-refractivity contribution in [2.45, 2.75) is 0 Å². The van der Waals surface area contributed by atoms with Crippen molar-refractivity contribution < 1.29 is 4.42 Å². The fourth-order valence-electron chi connectivity index (χ4n) is 1.17. The van der Waals surface area contributed by atoms with E-state index in [2.05, 4.69) is 5.18 Å². The molecule has 1 aromatic carbocycles. The van der Waals surface area contributed by atoms with Crippen molar-refractivity contribution in [2.75, 3.05) is 5.73 Å². The lowest BCUT2D eigenvalue weighted by Gasteiger charge is -1.97. The zero-order valence-electron chi connectivity index (χ0n) is 7.06. The predicted octanol–water partition coefficient (Wildman–Crippen LogP) is 1.77. The number of fused-ring (bicyclic) bond motifs is 1. The summed E-state index contributed by atoms with van der Waals surface area (Å²) in [6, 6.07) is 6.03. The average molecular weight is 190 g/mol. The van der Waals surface area contributed by atoms with Gasteiger partial charge in [0.25, 0.3) is 0 Å². The van der Waals surface area contributed by atoms with Crippen LogP contribution in [-0.4, -0.2) is 0 Å². The topological polar surface area (TPSA) is 85.7 Å². The lowest BCUT2D eigenvalue weighted by Crippen LogP contribution is -2.05. The number of benzene rings is 1. The molecule has 0 spiro atoms. The average Bonchev–Trinajstić information content (AvgIpc) is 2.19.